The maximum Gasteiger partial charge on any atom is 0.223 e. The van der Waals surface area contributed by atoms with Gasteiger partial charge in [0.2, 0.25) is 5.91 Å². The van der Waals surface area contributed by atoms with Gasteiger partial charge in [0.25, 0.3) is 0 Å². The van der Waals surface area contributed by atoms with Crippen molar-refractivity contribution in [3.8, 4) is 0 Å². The quantitative estimate of drug-likeness (QED) is 0.604. The fourth-order valence-corrected chi connectivity index (χ4v) is 4.95. The van der Waals surface area contributed by atoms with E-state index in [2.05, 4.69) is 20.5 Å². The van der Waals surface area contributed by atoms with E-state index >= 15 is 0 Å². The first-order valence-corrected chi connectivity index (χ1v) is 11.7. The van der Waals surface area contributed by atoms with Gasteiger partial charge < -0.3 is 10.2 Å². The molecule has 1 aliphatic carbocycles. The van der Waals surface area contributed by atoms with E-state index in [-0.39, 0.29) is 11.9 Å². The van der Waals surface area contributed by atoms with Crippen LogP contribution in [0.1, 0.15) is 66.5 Å². The van der Waals surface area contributed by atoms with Gasteiger partial charge in [-0.15, -0.1) is 0 Å². The summed E-state index contributed by atoms with van der Waals surface area (Å²) in [5, 5.41) is 11.0. The average molecular weight is 431 g/mol. The number of rotatable bonds is 6. The van der Waals surface area contributed by atoms with Gasteiger partial charge in [0, 0.05) is 30.8 Å². The van der Waals surface area contributed by atoms with Crippen molar-refractivity contribution in [1.82, 2.24) is 25.1 Å². The monoisotopic (exact) mass is 430 g/mol. The molecule has 1 saturated heterocycles. The van der Waals surface area contributed by atoms with E-state index in [0.717, 1.165) is 60.9 Å². The number of anilines is 2. The molecule has 0 unspecified atom stereocenters. The van der Waals surface area contributed by atoms with E-state index in [1.165, 1.54) is 24.1 Å². The highest BCUT2D eigenvalue weighted by molar-refractivity contribution is 5.77. The molecule has 0 aromatic carbocycles. The minimum Gasteiger partial charge on any atom is -0.334 e. The van der Waals surface area contributed by atoms with Gasteiger partial charge in [-0.1, -0.05) is 12.1 Å². The Morgan fingerprint density at radius 3 is 2.78 bits per heavy atom. The van der Waals surface area contributed by atoms with Crippen LogP contribution < -0.4 is 5.32 Å². The van der Waals surface area contributed by atoms with Crippen LogP contribution >= 0.6 is 0 Å². The van der Waals surface area contributed by atoms with Crippen molar-refractivity contribution >= 4 is 17.5 Å². The number of H-pyrrole nitrogens is 1. The molecule has 1 aliphatic heterocycles. The highest BCUT2D eigenvalue weighted by Crippen LogP contribution is 2.32. The third-order valence-corrected chi connectivity index (χ3v) is 6.55. The Hall–Kier alpha value is -3.22. The highest BCUT2D eigenvalue weighted by Gasteiger charge is 2.31. The number of hydrogen-bond acceptors (Lipinski definition) is 5. The molecule has 3 aromatic rings. The van der Waals surface area contributed by atoms with Crippen LogP contribution in [0.25, 0.3) is 0 Å². The number of aromatic amines is 1. The van der Waals surface area contributed by atoms with E-state index in [1.807, 2.05) is 48.2 Å². The molecule has 1 atom stereocenters. The van der Waals surface area contributed by atoms with Crippen LogP contribution in [0.2, 0.25) is 0 Å². The van der Waals surface area contributed by atoms with Gasteiger partial charge in [0.1, 0.15) is 11.6 Å². The number of fused-ring (bicyclic) bond motifs is 1. The molecular formula is C25H30N6O. The lowest BCUT2D eigenvalue weighted by Crippen LogP contribution is -2.31. The summed E-state index contributed by atoms with van der Waals surface area (Å²) in [6, 6.07) is 11.9. The molecule has 0 bridgehead atoms. The second kappa shape index (κ2) is 9.10. The number of aromatic nitrogens is 4. The summed E-state index contributed by atoms with van der Waals surface area (Å²) in [7, 11) is 0. The molecule has 5 rings (SSSR count). The van der Waals surface area contributed by atoms with Crippen LogP contribution in [0.15, 0.2) is 36.4 Å². The smallest absolute Gasteiger partial charge is 0.223 e. The standard InChI is InChI=1S/C25H30N6O/c1-17-7-4-12-23(26-17)28-24-13-5-10-21(27-24)22-11-6-16-31(22)25(32)15-14-20-18-8-2-3-9-19(18)29-30-20/h4-5,7,10,12-13,22H,2-3,6,8-9,11,14-16H2,1H3,(H,29,30)(H,26,27,28)/t22-/m1/s1. The molecule has 7 nitrogen and oxygen atoms in total. The fourth-order valence-electron chi connectivity index (χ4n) is 4.95. The Morgan fingerprint density at radius 2 is 1.91 bits per heavy atom. The number of carbonyl (C=O) groups is 1. The van der Waals surface area contributed by atoms with Crippen molar-refractivity contribution in [3.05, 3.63) is 64.7 Å². The van der Waals surface area contributed by atoms with Crippen LogP contribution in [0.3, 0.4) is 0 Å². The van der Waals surface area contributed by atoms with Gasteiger partial charge in [-0.25, -0.2) is 9.97 Å². The molecule has 7 heteroatoms. The molecule has 2 N–H and O–H groups in total. The van der Waals surface area contributed by atoms with Crippen LogP contribution in [-0.4, -0.2) is 37.5 Å². The molecule has 0 radical (unpaired) electrons. The molecule has 3 aromatic heterocycles. The topological polar surface area (TPSA) is 86.8 Å². The predicted molar refractivity (Wildman–Crippen MR) is 124 cm³/mol. The molecule has 4 heterocycles. The first-order valence-electron chi connectivity index (χ1n) is 11.7. The summed E-state index contributed by atoms with van der Waals surface area (Å²) < 4.78 is 0. The largest absolute Gasteiger partial charge is 0.334 e. The van der Waals surface area contributed by atoms with Crippen molar-refractivity contribution in [1.29, 1.82) is 0 Å². The zero-order chi connectivity index (χ0) is 21.9. The number of hydrogen-bond donors (Lipinski definition) is 2. The lowest BCUT2D eigenvalue weighted by molar-refractivity contribution is -0.132. The van der Waals surface area contributed by atoms with Gasteiger partial charge >= 0.3 is 0 Å². The number of nitrogens with zero attached hydrogens (tertiary/aromatic N) is 4. The summed E-state index contributed by atoms with van der Waals surface area (Å²) in [4.78, 5) is 24.5. The number of nitrogens with one attached hydrogen (secondary N) is 2. The van der Waals surface area contributed by atoms with E-state index < -0.39 is 0 Å². The first-order chi connectivity index (χ1) is 15.7. The number of amides is 1. The fraction of sp³-hybridized carbons (Fsp3) is 0.440. The lowest BCUT2D eigenvalue weighted by atomic mass is 9.94. The van der Waals surface area contributed by atoms with Gasteiger partial charge in [-0.2, -0.15) is 5.10 Å². The molecular weight excluding hydrogens is 400 g/mol. The second-order valence-corrected chi connectivity index (χ2v) is 8.82. The predicted octanol–water partition coefficient (Wildman–Crippen LogP) is 4.43. The molecule has 0 saturated carbocycles. The van der Waals surface area contributed by atoms with Crippen molar-refractivity contribution in [2.45, 2.75) is 64.3 Å². The molecule has 1 amide bonds. The Kier molecular flexibility index (Phi) is 5.88. The lowest BCUT2D eigenvalue weighted by Gasteiger charge is -2.25. The van der Waals surface area contributed by atoms with Crippen molar-refractivity contribution in [2.75, 3.05) is 11.9 Å². The summed E-state index contributed by atoms with van der Waals surface area (Å²) in [5.74, 6) is 1.72. The zero-order valence-electron chi connectivity index (χ0n) is 18.6. The second-order valence-electron chi connectivity index (χ2n) is 8.82. The highest BCUT2D eigenvalue weighted by atomic mass is 16.2. The Balaban J connectivity index is 1.26. The summed E-state index contributed by atoms with van der Waals surface area (Å²) in [6.45, 7) is 2.76. The number of aryl methyl sites for hydroxylation is 3. The zero-order valence-corrected chi connectivity index (χ0v) is 18.6. The van der Waals surface area contributed by atoms with Crippen LogP contribution in [0.4, 0.5) is 11.6 Å². The SMILES string of the molecule is Cc1cccc(Nc2cccc([C@H]3CCCN3C(=O)CCc3n[nH]c4c3CCCC4)n2)n1. The molecule has 1 fully saturated rings. The Labute approximate surface area is 188 Å². The minimum absolute atomic E-state index is 0.0304. The van der Waals surface area contributed by atoms with Gasteiger partial charge in [0.05, 0.1) is 17.4 Å². The van der Waals surface area contributed by atoms with Gasteiger partial charge in [0.15, 0.2) is 0 Å². The summed E-state index contributed by atoms with van der Waals surface area (Å²) in [6.07, 6.45) is 7.77. The Morgan fingerprint density at radius 1 is 1.09 bits per heavy atom. The van der Waals surface area contributed by atoms with Crippen molar-refractivity contribution < 1.29 is 4.79 Å². The van der Waals surface area contributed by atoms with Crippen molar-refractivity contribution in [3.63, 3.8) is 0 Å². The maximum atomic E-state index is 13.1. The third kappa shape index (κ3) is 4.38. The molecule has 2 aliphatic rings. The van der Waals surface area contributed by atoms with Crippen molar-refractivity contribution in [2.24, 2.45) is 0 Å². The molecule has 166 valence electrons. The minimum atomic E-state index is 0.0304. The average Bonchev–Trinajstić information content (AvgIpc) is 3.45. The number of carbonyl (C=O) groups excluding carboxylic acids is 1. The summed E-state index contributed by atoms with van der Waals surface area (Å²) in [5.41, 5.74) is 5.60. The van der Waals surface area contributed by atoms with E-state index in [0.29, 0.717) is 12.8 Å². The molecule has 32 heavy (non-hydrogen) atoms. The van der Waals surface area contributed by atoms with Gasteiger partial charge in [-0.3, -0.25) is 9.89 Å². The maximum absolute atomic E-state index is 13.1. The third-order valence-electron chi connectivity index (χ3n) is 6.55. The van der Waals surface area contributed by atoms with Crippen LogP contribution in [0, 0.1) is 6.92 Å². The van der Waals surface area contributed by atoms with E-state index in [1.54, 1.807) is 0 Å². The van der Waals surface area contributed by atoms with Crippen LogP contribution in [-0.2, 0) is 24.1 Å². The normalized spacial score (nSPS) is 17.9. The Bertz CT molecular complexity index is 1110. The molecule has 0 spiro atoms. The van der Waals surface area contributed by atoms with Crippen LogP contribution in [0.5, 0.6) is 0 Å². The van der Waals surface area contributed by atoms with E-state index in [9.17, 15) is 4.79 Å². The number of likely N-dealkylation sites (tertiary alicyclic amines) is 1. The van der Waals surface area contributed by atoms with Gasteiger partial charge in [-0.05, 0) is 75.3 Å². The number of pyridine rings is 2. The summed E-state index contributed by atoms with van der Waals surface area (Å²) >= 11 is 0. The first kappa shape index (κ1) is 20.7. The van der Waals surface area contributed by atoms with E-state index in [4.69, 9.17) is 4.98 Å².